The zero-order valence-corrected chi connectivity index (χ0v) is 17.9. The number of fused-ring (bicyclic) bond motifs is 1. The van der Waals surface area contributed by atoms with Crippen LogP contribution in [-0.2, 0) is 11.2 Å². The highest BCUT2D eigenvalue weighted by atomic mass is 16.5. The van der Waals surface area contributed by atoms with Gasteiger partial charge in [0.25, 0.3) is 5.91 Å². The third-order valence-electron chi connectivity index (χ3n) is 5.92. The molecule has 30 heavy (non-hydrogen) atoms. The molecule has 1 aliphatic carbocycles. The van der Waals surface area contributed by atoms with Gasteiger partial charge in [-0.15, -0.1) is 0 Å². The summed E-state index contributed by atoms with van der Waals surface area (Å²) in [6.07, 6.45) is 2.60. The van der Waals surface area contributed by atoms with Crippen LogP contribution < -0.4 is 10.1 Å². The van der Waals surface area contributed by atoms with Crippen LogP contribution >= 0.6 is 0 Å². The van der Waals surface area contributed by atoms with Crippen LogP contribution in [0.5, 0.6) is 5.75 Å². The van der Waals surface area contributed by atoms with E-state index in [0.717, 1.165) is 36.1 Å². The second-order valence-electron chi connectivity index (χ2n) is 8.26. The lowest BCUT2D eigenvalue weighted by Gasteiger charge is -2.27. The van der Waals surface area contributed by atoms with Gasteiger partial charge >= 0.3 is 0 Å². The van der Waals surface area contributed by atoms with Crippen molar-refractivity contribution in [3.05, 3.63) is 89.0 Å². The molecule has 2 unspecified atom stereocenters. The molecule has 0 saturated heterocycles. The molecule has 0 saturated carbocycles. The molecule has 3 aromatic rings. The average Bonchev–Trinajstić information content (AvgIpc) is 2.76. The highest BCUT2D eigenvalue weighted by Gasteiger charge is 2.24. The molecule has 3 heteroatoms. The van der Waals surface area contributed by atoms with Crippen molar-refractivity contribution in [1.82, 2.24) is 5.32 Å². The second-order valence-corrected chi connectivity index (χ2v) is 8.26. The third kappa shape index (κ3) is 4.40. The zero-order chi connectivity index (χ0) is 21.1. The molecule has 0 radical (unpaired) electrons. The van der Waals surface area contributed by atoms with E-state index in [1.165, 1.54) is 22.3 Å². The van der Waals surface area contributed by atoms with Gasteiger partial charge in [-0.2, -0.15) is 0 Å². The van der Waals surface area contributed by atoms with Crippen molar-refractivity contribution >= 4 is 5.91 Å². The number of carbonyl (C=O) groups is 1. The van der Waals surface area contributed by atoms with E-state index in [4.69, 9.17) is 4.74 Å². The number of rotatable bonds is 5. The normalized spacial score (nSPS) is 16.4. The van der Waals surface area contributed by atoms with Gasteiger partial charge in [-0.3, -0.25) is 4.79 Å². The quantitative estimate of drug-likeness (QED) is 0.577. The van der Waals surface area contributed by atoms with Gasteiger partial charge in [-0.1, -0.05) is 60.2 Å². The van der Waals surface area contributed by atoms with Crippen molar-refractivity contribution < 1.29 is 9.53 Å². The van der Waals surface area contributed by atoms with Gasteiger partial charge in [0.2, 0.25) is 0 Å². The Hall–Kier alpha value is -3.07. The van der Waals surface area contributed by atoms with E-state index >= 15 is 0 Å². The zero-order valence-electron chi connectivity index (χ0n) is 17.9. The first kappa shape index (κ1) is 20.2. The maximum absolute atomic E-state index is 12.8. The van der Waals surface area contributed by atoms with Crippen molar-refractivity contribution in [3.8, 4) is 16.9 Å². The molecule has 2 atom stereocenters. The van der Waals surface area contributed by atoms with Gasteiger partial charge < -0.3 is 10.1 Å². The van der Waals surface area contributed by atoms with E-state index in [1.807, 2.05) is 26.0 Å². The van der Waals surface area contributed by atoms with Gasteiger partial charge in [0, 0.05) is 0 Å². The summed E-state index contributed by atoms with van der Waals surface area (Å²) in [5.41, 5.74) is 7.17. The summed E-state index contributed by atoms with van der Waals surface area (Å²) in [6.45, 7) is 5.93. The lowest BCUT2D eigenvalue weighted by atomic mass is 9.87. The smallest absolute Gasteiger partial charge is 0.261 e. The number of hydrogen-bond donors (Lipinski definition) is 1. The van der Waals surface area contributed by atoms with E-state index in [1.54, 1.807) is 0 Å². The summed E-state index contributed by atoms with van der Waals surface area (Å²) in [5.74, 6) is 0.677. The van der Waals surface area contributed by atoms with Crippen molar-refractivity contribution in [1.29, 1.82) is 0 Å². The monoisotopic (exact) mass is 399 g/mol. The third-order valence-corrected chi connectivity index (χ3v) is 5.92. The molecule has 0 spiro atoms. The van der Waals surface area contributed by atoms with E-state index in [2.05, 4.69) is 66.8 Å². The molecule has 0 bridgehead atoms. The topological polar surface area (TPSA) is 38.3 Å². The highest BCUT2D eigenvalue weighted by Crippen LogP contribution is 2.30. The Bertz CT molecular complexity index is 1040. The molecular formula is C27H29NO2. The summed E-state index contributed by atoms with van der Waals surface area (Å²) in [5, 5.41) is 3.19. The molecule has 1 amide bonds. The molecule has 0 fully saturated rings. The van der Waals surface area contributed by atoms with Crippen molar-refractivity contribution in [3.63, 3.8) is 0 Å². The SMILES string of the molecule is Cc1ccc(-c2ccc(OC(C)C(=O)NC3CCCc4ccccc43)c(C)c2)cc1. The lowest BCUT2D eigenvalue weighted by Crippen LogP contribution is -2.39. The number of amides is 1. The van der Waals surface area contributed by atoms with Crippen LogP contribution in [0.4, 0.5) is 0 Å². The summed E-state index contributed by atoms with van der Waals surface area (Å²) in [4.78, 5) is 12.8. The van der Waals surface area contributed by atoms with E-state index in [0.29, 0.717) is 0 Å². The summed E-state index contributed by atoms with van der Waals surface area (Å²) < 4.78 is 6.03. The van der Waals surface area contributed by atoms with Gasteiger partial charge in [-0.25, -0.2) is 0 Å². The summed E-state index contributed by atoms with van der Waals surface area (Å²) >= 11 is 0. The summed E-state index contributed by atoms with van der Waals surface area (Å²) in [6, 6.07) is 23.1. The minimum atomic E-state index is -0.553. The molecule has 1 aliphatic rings. The van der Waals surface area contributed by atoms with E-state index < -0.39 is 6.10 Å². The lowest BCUT2D eigenvalue weighted by molar-refractivity contribution is -0.128. The highest BCUT2D eigenvalue weighted by molar-refractivity contribution is 5.81. The minimum Gasteiger partial charge on any atom is -0.481 e. The predicted octanol–water partition coefficient (Wildman–Crippen LogP) is 5.93. The van der Waals surface area contributed by atoms with Gasteiger partial charge in [-0.05, 0) is 80.0 Å². The summed E-state index contributed by atoms with van der Waals surface area (Å²) in [7, 11) is 0. The van der Waals surface area contributed by atoms with Crippen LogP contribution in [0.1, 0.15) is 48.1 Å². The van der Waals surface area contributed by atoms with Gasteiger partial charge in [0.15, 0.2) is 6.10 Å². The molecule has 154 valence electrons. The largest absolute Gasteiger partial charge is 0.481 e. The Labute approximate surface area is 179 Å². The fraction of sp³-hybridized carbons (Fsp3) is 0.296. The molecule has 3 aromatic carbocycles. The molecule has 1 N–H and O–H groups in total. The fourth-order valence-electron chi connectivity index (χ4n) is 4.14. The number of benzene rings is 3. The van der Waals surface area contributed by atoms with Crippen molar-refractivity contribution in [2.24, 2.45) is 0 Å². The van der Waals surface area contributed by atoms with Crippen LogP contribution in [-0.4, -0.2) is 12.0 Å². The number of nitrogens with one attached hydrogen (secondary N) is 1. The Kier molecular flexibility index (Phi) is 5.89. The van der Waals surface area contributed by atoms with Crippen LogP contribution in [0.2, 0.25) is 0 Å². The first-order valence-corrected chi connectivity index (χ1v) is 10.7. The first-order chi connectivity index (χ1) is 14.5. The first-order valence-electron chi connectivity index (χ1n) is 10.7. The number of ether oxygens (including phenoxy) is 1. The van der Waals surface area contributed by atoms with Gasteiger partial charge in [0.1, 0.15) is 5.75 Å². The van der Waals surface area contributed by atoms with Crippen LogP contribution in [0, 0.1) is 13.8 Å². The number of hydrogen-bond acceptors (Lipinski definition) is 2. The fourth-order valence-corrected chi connectivity index (χ4v) is 4.14. The standard InChI is InChI=1S/C27H29NO2/c1-18-11-13-21(14-12-18)23-15-16-26(19(2)17-23)30-20(3)27(29)28-25-10-6-8-22-7-4-5-9-24(22)25/h4-5,7,9,11-17,20,25H,6,8,10H2,1-3H3,(H,28,29). The Morgan fingerprint density at radius 2 is 1.73 bits per heavy atom. The number of aryl methyl sites for hydroxylation is 3. The molecule has 0 aromatic heterocycles. The molecule has 0 heterocycles. The maximum Gasteiger partial charge on any atom is 0.261 e. The van der Waals surface area contributed by atoms with E-state index in [-0.39, 0.29) is 11.9 Å². The second kappa shape index (κ2) is 8.74. The Morgan fingerprint density at radius 1 is 1.00 bits per heavy atom. The maximum atomic E-state index is 12.8. The van der Waals surface area contributed by atoms with Crippen LogP contribution in [0.15, 0.2) is 66.7 Å². The van der Waals surface area contributed by atoms with Crippen LogP contribution in [0.25, 0.3) is 11.1 Å². The van der Waals surface area contributed by atoms with Crippen molar-refractivity contribution in [2.45, 2.75) is 52.2 Å². The molecular weight excluding hydrogens is 370 g/mol. The van der Waals surface area contributed by atoms with Crippen LogP contribution in [0.3, 0.4) is 0 Å². The molecule has 3 nitrogen and oxygen atoms in total. The van der Waals surface area contributed by atoms with Crippen molar-refractivity contribution in [2.75, 3.05) is 0 Å². The number of carbonyl (C=O) groups excluding carboxylic acids is 1. The predicted molar refractivity (Wildman–Crippen MR) is 122 cm³/mol. The van der Waals surface area contributed by atoms with E-state index in [9.17, 15) is 4.79 Å². The molecule has 4 rings (SSSR count). The Balaban J connectivity index is 1.43. The molecule has 0 aliphatic heterocycles. The average molecular weight is 400 g/mol. The van der Waals surface area contributed by atoms with Gasteiger partial charge in [0.05, 0.1) is 6.04 Å². The minimum absolute atomic E-state index is 0.0681. The Morgan fingerprint density at radius 3 is 2.50 bits per heavy atom.